The highest BCUT2D eigenvalue weighted by Crippen LogP contribution is 2.36. The lowest BCUT2D eigenvalue weighted by molar-refractivity contribution is -0.118. The minimum atomic E-state index is -0.0494. The van der Waals surface area contributed by atoms with Crippen molar-refractivity contribution < 1.29 is 9.59 Å². The van der Waals surface area contributed by atoms with Crippen molar-refractivity contribution in [2.24, 2.45) is 0 Å². The second-order valence-electron chi connectivity index (χ2n) is 9.05. The van der Waals surface area contributed by atoms with Gasteiger partial charge in [-0.05, 0) is 76.2 Å². The number of hydrogen-bond acceptors (Lipinski definition) is 4. The van der Waals surface area contributed by atoms with E-state index < -0.39 is 0 Å². The molecule has 0 aromatic heterocycles. The molecule has 0 spiro atoms. The maximum atomic E-state index is 13.1. The van der Waals surface area contributed by atoms with E-state index >= 15 is 0 Å². The number of nitrogens with zero attached hydrogens (tertiary/aromatic N) is 3. The molecule has 6 nitrogen and oxygen atoms in total. The number of anilines is 2. The third-order valence-corrected chi connectivity index (χ3v) is 7.27. The van der Waals surface area contributed by atoms with Gasteiger partial charge >= 0.3 is 0 Å². The van der Waals surface area contributed by atoms with Gasteiger partial charge in [0.1, 0.15) is 6.04 Å². The van der Waals surface area contributed by atoms with Crippen LogP contribution in [-0.2, 0) is 4.79 Å². The van der Waals surface area contributed by atoms with Gasteiger partial charge in [0, 0.05) is 31.2 Å². The molecule has 0 aliphatic carbocycles. The van der Waals surface area contributed by atoms with Crippen LogP contribution in [0.5, 0.6) is 0 Å². The SMILES string of the molecule is O=C1Nc2cc(C(=O)N3CCC(N4CCCCC4)CC3)ccc2N2CCCC[C@H]12. The fraction of sp³-hybridized carbons (Fsp3) is 0.652. The first-order valence-corrected chi connectivity index (χ1v) is 11.5. The number of rotatable bonds is 2. The van der Waals surface area contributed by atoms with Gasteiger partial charge in [-0.25, -0.2) is 0 Å². The van der Waals surface area contributed by atoms with E-state index in [0.717, 1.165) is 63.1 Å². The summed E-state index contributed by atoms with van der Waals surface area (Å²) in [5, 5.41) is 3.05. The zero-order valence-electron chi connectivity index (χ0n) is 17.2. The molecule has 0 radical (unpaired) electrons. The van der Waals surface area contributed by atoms with Crippen LogP contribution in [0.25, 0.3) is 0 Å². The lowest BCUT2D eigenvalue weighted by atomic mass is 9.96. The molecular weight excluding hydrogens is 364 g/mol. The Balaban J connectivity index is 1.26. The van der Waals surface area contributed by atoms with Gasteiger partial charge in [-0.1, -0.05) is 6.42 Å². The Bertz CT molecular complexity index is 781. The van der Waals surface area contributed by atoms with Gasteiger partial charge in [-0.2, -0.15) is 0 Å². The van der Waals surface area contributed by atoms with Crippen molar-refractivity contribution in [2.75, 3.05) is 42.9 Å². The second-order valence-corrected chi connectivity index (χ2v) is 9.05. The molecule has 5 rings (SSSR count). The van der Waals surface area contributed by atoms with E-state index in [2.05, 4.69) is 15.1 Å². The van der Waals surface area contributed by atoms with Gasteiger partial charge in [-0.15, -0.1) is 0 Å². The lowest BCUT2D eigenvalue weighted by Crippen LogP contribution is -2.50. The van der Waals surface area contributed by atoms with E-state index in [1.54, 1.807) is 0 Å². The molecule has 4 aliphatic heterocycles. The zero-order chi connectivity index (χ0) is 19.8. The average Bonchev–Trinajstić information content (AvgIpc) is 2.79. The summed E-state index contributed by atoms with van der Waals surface area (Å²) >= 11 is 0. The largest absolute Gasteiger partial charge is 0.358 e. The minimum Gasteiger partial charge on any atom is -0.358 e. The molecule has 2 amide bonds. The molecule has 1 aromatic rings. The highest BCUT2D eigenvalue weighted by molar-refractivity contribution is 6.05. The van der Waals surface area contributed by atoms with Crippen molar-refractivity contribution in [1.82, 2.24) is 9.80 Å². The van der Waals surface area contributed by atoms with E-state index in [4.69, 9.17) is 0 Å². The summed E-state index contributed by atoms with van der Waals surface area (Å²) in [4.78, 5) is 32.5. The van der Waals surface area contributed by atoms with E-state index in [1.807, 2.05) is 23.1 Å². The maximum absolute atomic E-state index is 13.1. The Morgan fingerprint density at radius 1 is 0.897 bits per heavy atom. The van der Waals surface area contributed by atoms with Gasteiger partial charge in [0.05, 0.1) is 11.4 Å². The first-order chi connectivity index (χ1) is 14.2. The van der Waals surface area contributed by atoms with Crippen molar-refractivity contribution in [3.63, 3.8) is 0 Å². The van der Waals surface area contributed by atoms with Crippen molar-refractivity contribution in [2.45, 2.75) is 63.5 Å². The van der Waals surface area contributed by atoms with E-state index in [0.29, 0.717) is 11.6 Å². The molecule has 0 unspecified atom stereocenters. The maximum Gasteiger partial charge on any atom is 0.253 e. The third kappa shape index (κ3) is 3.63. The average molecular weight is 397 g/mol. The highest BCUT2D eigenvalue weighted by atomic mass is 16.2. The van der Waals surface area contributed by atoms with Gasteiger partial charge in [-0.3, -0.25) is 9.59 Å². The minimum absolute atomic E-state index is 0.0494. The van der Waals surface area contributed by atoms with Crippen LogP contribution >= 0.6 is 0 Å². The van der Waals surface area contributed by atoms with Crippen LogP contribution in [0, 0.1) is 0 Å². The molecule has 3 saturated heterocycles. The summed E-state index contributed by atoms with van der Waals surface area (Å²) in [5.41, 5.74) is 2.55. The normalized spacial score (nSPS) is 25.9. The topological polar surface area (TPSA) is 55.9 Å². The van der Waals surface area contributed by atoms with Gasteiger partial charge in [0.15, 0.2) is 0 Å². The molecule has 0 saturated carbocycles. The molecule has 156 valence electrons. The predicted octanol–water partition coefficient (Wildman–Crippen LogP) is 3.09. The molecule has 4 heterocycles. The number of carbonyl (C=O) groups excluding carboxylic acids is 2. The summed E-state index contributed by atoms with van der Waals surface area (Å²) in [6.45, 7) is 5.03. The van der Waals surface area contributed by atoms with Crippen molar-refractivity contribution in [3.8, 4) is 0 Å². The molecule has 3 fully saturated rings. The van der Waals surface area contributed by atoms with Gasteiger partial charge in [0.2, 0.25) is 5.91 Å². The molecular formula is C23H32N4O2. The first kappa shape index (κ1) is 18.9. The van der Waals surface area contributed by atoms with Crippen LogP contribution in [0.1, 0.15) is 61.7 Å². The Morgan fingerprint density at radius 2 is 1.66 bits per heavy atom. The Hall–Kier alpha value is -2.08. The second kappa shape index (κ2) is 7.98. The van der Waals surface area contributed by atoms with Crippen molar-refractivity contribution in [3.05, 3.63) is 23.8 Å². The summed E-state index contributed by atoms with van der Waals surface area (Å²) in [6.07, 6.45) is 9.28. The van der Waals surface area contributed by atoms with Crippen molar-refractivity contribution in [1.29, 1.82) is 0 Å². The number of fused-ring (bicyclic) bond motifs is 3. The number of carbonyl (C=O) groups is 2. The summed E-state index contributed by atoms with van der Waals surface area (Å²) in [7, 11) is 0. The monoisotopic (exact) mass is 396 g/mol. The van der Waals surface area contributed by atoms with Crippen LogP contribution in [0.2, 0.25) is 0 Å². The van der Waals surface area contributed by atoms with Crippen LogP contribution in [0.4, 0.5) is 11.4 Å². The lowest BCUT2D eigenvalue weighted by Gasteiger charge is -2.41. The molecule has 4 aliphatic rings. The van der Waals surface area contributed by atoms with Crippen LogP contribution in [-0.4, -0.2) is 66.4 Å². The number of nitrogens with one attached hydrogen (secondary N) is 1. The summed E-state index contributed by atoms with van der Waals surface area (Å²) in [6, 6.07) is 6.45. The quantitative estimate of drug-likeness (QED) is 0.835. The number of hydrogen-bond donors (Lipinski definition) is 1. The van der Waals surface area contributed by atoms with E-state index in [-0.39, 0.29) is 17.9 Å². The van der Waals surface area contributed by atoms with Gasteiger partial charge < -0.3 is 20.0 Å². The van der Waals surface area contributed by atoms with Crippen LogP contribution in [0.15, 0.2) is 18.2 Å². The van der Waals surface area contributed by atoms with Gasteiger partial charge in [0.25, 0.3) is 5.91 Å². The standard InChI is InChI=1S/C23H32N4O2/c28-22-21-6-2-5-13-27(21)20-8-7-17(16-19(20)24-22)23(29)26-14-9-18(10-15-26)25-11-3-1-4-12-25/h7-8,16,18,21H,1-6,9-15H2,(H,24,28)/t21-/m1/s1. The van der Waals surface area contributed by atoms with Crippen LogP contribution in [0.3, 0.4) is 0 Å². The molecule has 6 heteroatoms. The van der Waals surface area contributed by atoms with E-state index in [9.17, 15) is 9.59 Å². The number of piperidine rings is 3. The number of likely N-dealkylation sites (tertiary alicyclic amines) is 2. The Labute approximate surface area is 173 Å². The molecule has 1 N–H and O–H groups in total. The highest BCUT2D eigenvalue weighted by Gasteiger charge is 2.35. The zero-order valence-corrected chi connectivity index (χ0v) is 17.2. The van der Waals surface area contributed by atoms with E-state index in [1.165, 1.54) is 32.4 Å². The molecule has 1 atom stereocenters. The third-order valence-electron chi connectivity index (χ3n) is 7.27. The number of amides is 2. The van der Waals surface area contributed by atoms with Crippen molar-refractivity contribution >= 4 is 23.2 Å². The molecule has 1 aromatic carbocycles. The number of benzene rings is 1. The Morgan fingerprint density at radius 3 is 2.45 bits per heavy atom. The first-order valence-electron chi connectivity index (χ1n) is 11.5. The fourth-order valence-corrected chi connectivity index (χ4v) is 5.63. The summed E-state index contributed by atoms with van der Waals surface area (Å²) < 4.78 is 0. The van der Waals surface area contributed by atoms with Crippen LogP contribution < -0.4 is 10.2 Å². The Kier molecular flexibility index (Phi) is 5.20. The summed E-state index contributed by atoms with van der Waals surface area (Å²) in [5.74, 6) is 0.170. The fourth-order valence-electron chi connectivity index (χ4n) is 5.63. The molecule has 0 bridgehead atoms. The smallest absolute Gasteiger partial charge is 0.253 e. The molecule has 29 heavy (non-hydrogen) atoms. The predicted molar refractivity (Wildman–Crippen MR) is 114 cm³/mol.